The highest BCUT2D eigenvalue weighted by Crippen LogP contribution is 2.28. The quantitative estimate of drug-likeness (QED) is 0.459. The number of carbonyl (C=O) groups excluding carboxylic acids is 1. The summed E-state index contributed by atoms with van der Waals surface area (Å²) in [5.41, 5.74) is 2.36. The van der Waals surface area contributed by atoms with Gasteiger partial charge in [-0.15, -0.1) is 6.42 Å². The van der Waals surface area contributed by atoms with Crippen LogP contribution in [-0.4, -0.2) is 18.3 Å². The van der Waals surface area contributed by atoms with Crippen molar-refractivity contribution in [1.29, 1.82) is 0 Å². The van der Waals surface area contributed by atoms with Crippen LogP contribution in [0.3, 0.4) is 0 Å². The summed E-state index contributed by atoms with van der Waals surface area (Å²) >= 11 is 3.42. The maximum absolute atomic E-state index is 12.1. The molecular weight excluding hydrogens is 370 g/mol. The lowest BCUT2D eigenvalue weighted by molar-refractivity contribution is -0.136. The highest BCUT2D eigenvalue weighted by molar-refractivity contribution is 9.10. The van der Waals surface area contributed by atoms with E-state index in [1.54, 1.807) is 12.1 Å². The van der Waals surface area contributed by atoms with Gasteiger partial charge >= 0.3 is 5.97 Å². The molecule has 0 bridgehead atoms. The SMILES string of the molecule is C#CCOc1ccc(Br)cc1/C=C1\C(=O)ON=C1c1ccccc1. The molecular formula is C19H12BrNO3. The van der Waals surface area contributed by atoms with Crippen molar-refractivity contribution < 1.29 is 14.4 Å². The van der Waals surface area contributed by atoms with E-state index in [1.807, 2.05) is 42.5 Å². The Hall–Kier alpha value is -2.84. The number of halogens is 1. The Morgan fingerprint density at radius 2 is 2.04 bits per heavy atom. The molecule has 3 rings (SSSR count). The summed E-state index contributed by atoms with van der Waals surface area (Å²) in [4.78, 5) is 16.9. The molecule has 0 N–H and O–H groups in total. The van der Waals surface area contributed by atoms with Gasteiger partial charge in [-0.1, -0.05) is 57.3 Å². The first kappa shape index (κ1) is 16.0. The van der Waals surface area contributed by atoms with Gasteiger partial charge in [-0.25, -0.2) is 4.79 Å². The van der Waals surface area contributed by atoms with Crippen LogP contribution in [0.1, 0.15) is 11.1 Å². The third kappa shape index (κ3) is 3.39. The van der Waals surface area contributed by atoms with E-state index >= 15 is 0 Å². The maximum atomic E-state index is 12.1. The van der Waals surface area contributed by atoms with Gasteiger partial charge in [0.2, 0.25) is 0 Å². The second-order valence-electron chi connectivity index (χ2n) is 4.92. The monoisotopic (exact) mass is 381 g/mol. The van der Waals surface area contributed by atoms with Crippen molar-refractivity contribution in [1.82, 2.24) is 0 Å². The van der Waals surface area contributed by atoms with Crippen LogP contribution < -0.4 is 4.74 Å². The second-order valence-corrected chi connectivity index (χ2v) is 5.83. The molecule has 0 atom stereocenters. The number of oxime groups is 1. The van der Waals surface area contributed by atoms with E-state index in [4.69, 9.17) is 16.0 Å². The largest absolute Gasteiger partial charge is 0.480 e. The molecule has 0 saturated heterocycles. The number of hydrogen-bond acceptors (Lipinski definition) is 4. The minimum absolute atomic E-state index is 0.141. The van der Waals surface area contributed by atoms with Gasteiger partial charge in [-0.2, -0.15) is 0 Å². The Labute approximate surface area is 147 Å². The molecule has 2 aromatic rings. The molecule has 1 aliphatic rings. The van der Waals surface area contributed by atoms with Gasteiger partial charge in [-0.3, -0.25) is 0 Å². The lowest BCUT2D eigenvalue weighted by Gasteiger charge is -2.08. The van der Waals surface area contributed by atoms with Crippen LogP contribution in [0.4, 0.5) is 0 Å². The molecule has 0 aromatic heterocycles. The zero-order valence-electron chi connectivity index (χ0n) is 12.5. The lowest BCUT2D eigenvalue weighted by atomic mass is 10.0. The number of ether oxygens (including phenoxy) is 1. The molecule has 2 aromatic carbocycles. The number of rotatable bonds is 4. The van der Waals surface area contributed by atoms with Crippen LogP contribution in [0.2, 0.25) is 0 Å². The van der Waals surface area contributed by atoms with E-state index in [9.17, 15) is 4.79 Å². The minimum atomic E-state index is -0.503. The summed E-state index contributed by atoms with van der Waals surface area (Å²) in [6, 6.07) is 14.8. The second kappa shape index (κ2) is 7.16. The fourth-order valence-electron chi connectivity index (χ4n) is 2.25. The van der Waals surface area contributed by atoms with E-state index in [0.29, 0.717) is 22.6 Å². The Morgan fingerprint density at radius 1 is 1.25 bits per heavy atom. The number of nitrogens with zero attached hydrogens (tertiary/aromatic N) is 1. The number of hydrogen-bond donors (Lipinski definition) is 0. The first-order chi connectivity index (χ1) is 11.7. The summed E-state index contributed by atoms with van der Waals surface area (Å²) in [5.74, 6) is 2.50. The van der Waals surface area contributed by atoms with Crippen LogP contribution >= 0.6 is 15.9 Å². The maximum Gasteiger partial charge on any atom is 0.368 e. The van der Waals surface area contributed by atoms with E-state index in [-0.39, 0.29) is 6.61 Å². The first-order valence-corrected chi connectivity index (χ1v) is 7.91. The van der Waals surface area contributed by atoms with Gasteiger partial charge < -0.3 is 9.57 Å². The zero-order valence-corrected chi connectivity index (χ0v) is 14.1. The fourth-order valence-corrected chi connectivity index (χ4v) is 2.63. The molecule has 0 spiro atoms. The molecule has 0 fully saturated rings. The van der Waals surface area contributed by atoms with Gasteiger partial charge in [0.15, 0.2) is 0 Å². The Balaban J connectivity index is 2.03. The average molecular weight is 382 g/mol. The van der Waals surface area contributed by atoms with Gasteiger partial charge in [-0.05, 0) is 24.3 Å². The van der Waals surface area contributed by atoms with Crippen LogP contribution in [0.5, 0.6) is 5.75 Å². The van der Waals surface area contributed by atoms with Crippen molar-refractivity contribution >= 4 is 33.7 Å². The first-order valence-electron chi connectivity index (χ1n) is 7.11. The molecule has 0 radical (unpaired) electrons. The van der Waals surface area contributed by atoms with Gasteiger partial charge in [0.25, 0.3) is 0 Å². The molecule has 1 aliphatic heterocycles. The summed E-state index contributed by atoms with van der Waals surface area (Å²) in [7, 11) is 0. The highest BCUT2D eigenvalue weighted by atomic mass is 79.9. The third-order valence-corrected chi connectivity index (χ3v) is 3.82. The molecule has 5 heteroatoms. The van der Waals surface area contributed by atoms with E-state index < -0.39 is 5.97 Å². The highest BCUT2D eigenvalue weighted by Gasteiger charge is 2.27. The molecule has 24 heavy (non-hydrogen) atoms. The van der Waals surface area contributed by atoms with Crippen LogP contribution in [0.25, 0.3) is 6.08 Å². The van der Waals surface area contributed by atoms with Gasteiger partial charge in [0.05, 0.1) is 5.57 Å². The van der Waals surface area contributed by atoms with Crippen molar-refractivity contribution in [2.75, 3.05) is 6.61 Å². The number of carbonyl (C=O) groups is 1. The standard InChI is InChI=1S/C19H12BrNO3/c1-2-10-23-17-9-8-15(20)11-14(17)12-16-18(21-24-19(16)22)13-6-4-3-5-7-13/h1,3-9,11-12H,10H2/b16-12-. The van der Waals surface area contributed by atoms with Crippen molar-refractivity contribution in [2.45, 2.75) is 0 Å². The molecule has 1 heterocycles. The third-order valence-electron chi connectivity index (χ3n) is 3.32. The summed E-state index contributed by atoms with van der Waals surface area (Å²) in [6.07, 6.45) is 6.94. The number of terminal acetylenes is 1. The Morgan fingerprint density at radius 3 is 2.79 bits per heavy atom. The topological polar surface area (TPSA) is 47.9 Å². The molecule has 0 aliphatic carbocycles. The summed E-state index contributed by atoms with van der Waals surface area (Å²) < 4.78 is 6.39. The van der Waals surface area contributed by atoms with Gasteiger partial charge in [0.1, 0.15) is 18.1 Å². The normalized spacial score (nSPS) is 14.9. The smallest absolute Gasteiger partial charge is 0.368 e. The van der Waals surface area contributed by atoms with Crippen LogP contribution in [-0.2, 0) is 9.63 Å². The van der Waals surface area contributed by atoms with Gasteiger partial charge in [0, 0.05) is 15.6 Å². The van der Waals surface area contributed by atoms with E-state index in [2.05, 4.69) is 27.0 Å². The van der Waals surface area contributed by atoms with E-state index in [1.165, 1.54) is 0 Å². The van der Waals surface area contributed by atoms with Crippen molar-refractivity contribution in [2.24, 2.45) is 5.16 Å². The zero-order chi connectivity index (χ0) is 16.9. The summed E-state index contributed by atoms with van der Waals surface area (Å²) in [5, 5.41) is 3.89. The van der Waals surface area contributed by atoms with Crippen molar-refractivity contribution in [3.63, 3.8) is 0 Å². The van der Waals surface area contributed by atoms with E-state index in [0.717, 1.165) is 10.0 Å². The molecule has 0 amide bonds. The fraction of sp³-hybridized carbons (Fsp3) is 0.0526. The molecule has 118 valence electrons. The molecule has 0 unspecified atom stereocenters. The predicted octanol–water partition coefficient (Wildman–Crippen LogP) is 3.81. The minimum Gasteiger partial charge on any atom is -0.480 e. The number of benzene rings is 2. The lowest BCUT2D eigenvalue weighted by Crippen LogP contribution is -2.07. The Bertz CT molecular complexity index is 879. The van der Waals surface area contributed by atoms with Crippen molar-refractivity contribution in [3.05, 3.63) is 69.7 Å². The molecule has 0 saturated carbocycles. The molecule has 4 nitrogen and oxygen atoms in total. The average Bonchev–Trinajstić information content (AvgIpc) is 2.96. The van der Waals surface area contributed by atoms with Crippen molar-refractivity contribution in [3.8, 4) is 18.1 Å². The Kier molecular flexibility index (Phi) is 4.78. The summed E-state index contributed by atoms with van der Waals surface area (Å²) in [6.45, 7) is 0.141. The van der Waals surface area contributed by atoms with Crippen LogP contribution in [0, 0.1) is 12.3 Å². The predicted molar refractivity (Wildman–Crippen MR) is 95.5 cm³/mol. The van der Waals surface area contributed by atoms with Crippen LogP contribution in [0.15, 0.2) is 63.7 Å².